The van der Waals surface area contributed by atoms with Crippen LogP contribution in [0.25, 0.3) is 0 Å². The van der Waals surface area contributed by atoms with Crippen LogP contribution in [0, 0.1) is 0 Å². The minimum atomic E-state index is -0.217. The average molecular weight is 409 g/mol. The van der Waals surface area contributed by atoms with Crippen LogP contribution in [0.5, 0.6) is 0 Å². The number of carbonyl (C=O) groups is 2. The Morgan fingerprint density at radius 3 is 2.18 bits per heavy atom. The van der Waals surface area contributed by atoms with Crippen molar-refractivity contribution in [2.45, 2.75) is 45.7 Å². The lowest BCUT2D eigenvalue weighted by Gasteiger charge is -2.25. The Morgan fingerprint density at radius 1 is 1.04 bits per heavy atom. The Labute approximate surface area is 173 Å². The Balaban J connectivity index is 1.78. The Morgan fingerprint density at radius 2 is 1.61 bits per heavy atom. The molecule has 6 nitrogen and oxygen atoms in total. The van der Waals surface area contributed by atoms with Gasteiger partial charge in [0, 0.05) is 23.7 Å². The number of amides is 2. The second-order valence-corrected chi connectivity index (χ2v) is 8.92. The molecule has 2 N–H and O–H groups in total. The van der Waals surface area contributed by atoms with Crippen LogP contribution in [0.3, 0.4) is 0 Å². The van der Waals surface area contributed by atoms with Crippen LogP contribution in [0.15, 0.2) is 24.3 Å². The van der Waals surface area contributed by atoms with E-state index in [1.54, 1.807) is 0 Å². The summed E-state index contributed by atoms with van der Waals surface area (Å²) in [5.41, 5.74) is 0.704. The monoisotopic (exact) mass is 408 g/mol. The van der Waals surface area contributed by atoms with Crippen LogP contribution in [0.4, 0.5) is 0 Å². The standard InChI is InChI=1S/C21H33ClN4O2/c1-16(17-8-5-6-9-18(17)22)23-19(27)14-25-10-7-11-26(13-12-25)15-20(28)24-21(2,3)4/h5-6,8-9,16H,7,10-15H2,1-4H3,(H,23,27)(H,24,28). The van der Waals surface area contributed by atoms with Crippen LogP contribution < -0.4 is 10.6 Å². The van der Waals surface area contributed by atoms with Crippen molar-refractivity contribution in [3.05, 3.63) is 34.9 Å². The maximum absolute atomic E-state index is 12.5. The largest absolute Gasteiger partial charge is 0.350 e. The van der Waals surface area contributed by atoms with Crippen molar-refractivity contribution in [2.24, 2.45) is 0 Å². The number of nitrogens with zero attached hydrogens (tertiary/aromatic N) is 2. The van der Waals surface area contributed by atoms with Gasteiger partial charge in [-0.25, -0.2) is 0 Å². The van der Waals surface area contributed by atoms with Crippen molar-refractivity contribution in [3.8, 4) is 0 Å². The van der Waals surface area contributed by atoms with Gasteiger partial charge in [0.05, 0.1) is 19.1 Å². The fourth-order valence-electron chi connectivity index (χ4n) is 3.40. The lowest BCUT2D eigenvalue weighted by Crippen LogP contribution is -2.46. The molecule has 0 aliphatic carbocycles. The van der Waals surface area contributed by atoms with E-state index in [9.17, 15) is 9.59 Å². The highest BCUT2D eigenvalue weighted by molar-refractivity contribution is 6.31. The van der Waals surface area contributed by atoms with E-state index in [0.717, 1.165) is 38.2 Å². The second-order valence-electron chi connectivity index (χ2n) is 8.51. The van der Waals surface area contributed by atoms with Crippen molar-refractivity contribution in [1.82, 2.24) is 20.4 Å². The minimum absolute atomic E-state index is 0.00801. The van der Waals surface area contributed by atoms with Crippen molar-refractivity contribution >= 4 is 23.4 Å². The molecule has 1 saturated heterocycles. The van der Waals surface area contributed by atoms with Crippen LogP contribution in [-0.4, -0.2) is 66.4 Å². The molecule has 1 aromatic rings. The van der Waals surface area contributed by atoms with Gasteiger partial charge in [-0.05, 0) is 58.8 Å². The Bertz CT molecular complexity index is 675. The lowest BCUT2D eigenvalue weighted by molar-refractivity contribution is -0.124. The zero-order valence-corrected chi connectivity index (χ0v) is 18.2. The SMILES string of the molecule is CC(NC(=O)CN1CCCN(CC(=O)NC(C)(C)C)CC1)c1ccccc1Cl. The molecule has 7 heteroatoms. The second kappa shape index (κ2) is 10.2. The molecule has 1 aliphatic rings. The molecule has 1 aromatic carbocycles. The first-order valence-corrected chi connectivity index (χ1v) is 10.3. The summed E-state index contributed by atoms with van der Waals surface area (Å²) < 4.78 is 0. The van der Waals surface area contributed by atoms with Gasteiger partial charge in [0.15, 0.2) is 0 Å². The van der Waals surface area contributed by atoms with Gasteiger partial charge in [0.2, 0.25) is 11.8 Å². The van der Waals surface area contributed by atoms with Crippen LogP contribution >= 0.6 is 11.6 Å². The third-order valence-corrected chi connectivity index (χ3v) is 5.02. The molecule has 1 aliphatic heterocycles. The highest BCUT2D eigenvalue weighted by Gasteiger charge is 2.21. The van der Waals surface area contributed by atoms with E-state index in [1.807, 2.05) is 52.0 Å². The van der Waals surface area contributed by atoms with Gasteiger partial charge >= 0.3 is 0 Å². The molecule has 0 aromatic heterocycles. The summed E-state index contributed by atoms with van der Waals surface area (Å²) in [6, 6.07) is 7.43. The van der Waals surface area contributed by atoms with Gasteiger partial charge in [0.25, 0.3) is 0 Å². The van der Waals surface area contributed by atoms with Crippen molar-refractivity contribution in [2.75, 3.05) is 39.3 Å². The predicted molar refractivity (Wildman–Crippen MR) is 113 cm³/mol. The molecule has 0 bridgehead atoms. The molecule has 28 heavy (non-hydrogen) atoms. The van der Waals surface area contributed by atoms with E-state index in [0.29, 0.717) is 18.1 Å². The number of hydrogen-bond acceptors (Lipinski definition) is 4. The summed E-state index contributed by atoms with van der Waals surface area (Å²) in [5, 5.41) is 6.70. The molecule has 0 spiro atoms. The fourth-order valence-corrected chi connectivity index (χ4v) is 3.70. The van der Waals surface area contributed by atoms with Gasteiger partial charge in [-0.3, -0.25) is 19.4 Å². The third kappa shape index (κ3) is 7.78. The zero-order chi connectivity index (χ0) is 20.7. The topological polar surface area (TPSA) is 64.7 Å². The number of carbonyl (C=O) groups excluding carboxylic acids is 2. The summed E-state index contributed by atoms with van der Waals surface area (Å²) in [7, 11) is 0. The van der Waals surface area contributed by atoms with Gasteiger partial charge in [-0.1, -0.05) is 29.8 Å². The number of rotatable bonds is 6. The smallest absolute Gasteiger partial charge is 0.234 e. The van der Waals surface area contributed by atoms with Gasteiger partial charge in [-0.2, -0.15) is 0 Å². The number of benzene rings is 1. The van der Waals surface area contributed by atoms with Crippen LogP contribution in [-0.2, 0) is 9.59 Å². The van der Waals surface area contributed by atoms with Gasteiger partial charge < -0.3 is 10.6 Å². The van der Waals surface area contributed by atoms with Crippen LogP contribution in [0.1, 0.15) is 45.7 Å². The van der Waals surface area contributed by atoms with Crippen molar-refractivity contribution in [1.29, 1.82) is 0 Å². The first-order valence-electron chi connectivity index (χ1n) is 9.93. The quantitative estimate of drug-likeness (QED) is 0.758. The number of halogens is 1. The molecular formula is C21H33ClN4O2. The molecule has 0 radical (unpaired) electrons. The highest BCUT2D eigenvalue weighted by Crippen LogP contribution is 2.22. The molecule has 2 amide bonds. The summed E-state index contributed by atoms with van der Waals surface area (Å²) in [4.78, 5) is 28.9. The number of hydrogen-bond donors (Lipinski definition) is 2. The molecule has 2 rings (SSSR count). The molecule has 156 valence electrons. The molecule has 1 unspecified atom stereocenters. The van der Waals surface area contributed by atoms with Crippen molar-refractivity contribution in [3.63, 3.8) is 0 Å². The number of nitrogens with one attached hydrogen (secondary N) is 2. The van der Waals surface area contributed by atoms with Gasteiger partial charge in [0.1, 0.15) is 0 Å². The summed E-state index contributed by atoms with van der Waals surface area (Å²) >= 11 is 6.21. The normalized spacial score (nSPS) is 17.6. The average Bonchev–Trinajstić information content (AvgIpc) is 2.78. The fraction of sp³-hybridized carbons (Fsp3) is 0.619. The predicted octanol–water partition coefficient (Wildman–Crippen LogP) is 2.44. The van der Waals surface area contributed by atoms with E-state index < -0.39 is 0 Å². The molecule has 0 saturated carbocycles. The maximum atomic E-state index is 12.5. The van der Waals surface area contributed by atoms with E-state index in [1.165, 1.54) is 0 Å². The van der Waals surface area contributed by atoms with Gasteiger partial charge in [-0.15, -0.1) is 0 Å². The lowest BCUT2D eigenvalue weighted by atomic mass is 10.1. The Hall–Kier alpha value is -1.63. The third-order valence-electron chi connectivity index (χ3n) is 4.68. The van der Waals surface area contributed by atoms with Crippen molar-refractivity contribution < 1.29 is 9.59 Å². The van der Waals surface area contributed by atoms with Crippen LogP contribution in [0.2, 0.25) is 5.02 Å². The molecule has 1 heterocycles. The van der Waals surface area contributed by atoms with E-state index in [2.05, 4.69) is 20.4 Å². The summed E-state index contributed by atoms with van der Waals surface area (Å²) in [6.07, 6.45) is 0.941. The summed E-state index contributed by atoms with van der Waals surface area (Å²) in [6.45, 7) is 11.9. The molecular weight excluding hydrogens is 376 g/mol. The maximum Gasteiger partial charge on any atom is 0.234 e. The Kier molecular flexibility index (Phi) is 8.28. The van der Waals surface area contributed by atoms with E-state index in [4.69, 9.17) is 11.6 Å². The first kappa shape index (κ1) is 22.7. The zero-order valence-electron chi connectivity index (χ0n) is 17.4. The first-order chi connectivity index (χ1) is 13.1. The summed E-state index contributed by atoms with van der Waals surface area (Å²) in [5.74, 6) is 0.0404. The highest BCUT2D eigenvalue weighted by atomic mass is 35.5. The molecule has 1 fully saturated rings. The molecule has 1 atom stereocenters. The van der Waals surface area contributed by atoms with E-state index >= 15 is 0 Å². The van der Waals surface area contributed by atoms with E-state index in [-0.39, 0.29) is 23.4 Å². The minimum Gasteiger partial charge on any atom is -0.350 e.